The van der Waals surface area contributed by atoms with Crippen LogP contribution in [0.15, 0.2) is 42.5 Å². The maximum Gasteiger partial charge on any atom is 0.243 e. The number of likely N-dealkylation sites (tertiary alicyclic amines) is 1. The van der Waals surface area contributed by atoms with Gasteiger partial charge in [-0.25, -0.2) is 8.42 Å². The van der Waals surface area contributed by atoms with Gasteiger partial charge in [-0.05, 0) is 62.2 Å². The first-order valence-corrected chi connectivity index (χ1v) is 12.8. The Balaban J connectivity index is 1.65. The molecule has 9 heteroatoms. The highest BCUT2D eigenvalue weighted by molar-refractivity contribution is 7.92. The van der Waals surface area contributed by atoms with E-state index < -0.39 is 22.0 Å². The smallest absolute Gasteiger partial charge is 0.243 e. The minimum Gasteiger partial charge on any atom is -0.350 e. The number of sulfonamides is 1. The molecule has 0 aliphatic carbocycles. The van der Waals surface area contributed by atoms with E-state index in [0.29, 0.717) is 6.54 Å². The molecular formula is C22H27Cl2N3O3S. The van der Waals surface area contributed by atoms with Crippen LogP contribution in [0, 0.1) is 0 Å². The highest BCUT2D eigenvalue weighted by Gasteiger charge is 2.29. The van der Waals surface area contributed by atoms with E-state index in [-0.39, 0.29) is 15.7 Å². The molecule has 0 bridgehead atoms. The van der Waals surface area contributed by atoms with E-state index in [0.717, 1.165) is 35.8 Å². The lowest BCUT2D eigenvalue weighted by atomic mass is 10.1. The number of rotatable bonds is 8. The van der Waals surface area contributed by atoms with E-state index in [9.17, 15) is 13.2 Å². The number of carbonyl (C=O) groups excluding carboxylic acids is 1. The summed E-state index contributed by atoms with van der Waals surface area (Å²) >= 11 is 12.1. The Labute approximate surface area is 194 Å². The first-order valence-electron chi connectivity index (χ1n) is 10.2. The van der Waals surface area contributed by atoms with Gasteiger partial charge < -0.3 is 5.32 Å². The zero-order valence-electron chi connectivity index (χ0n) is 17.6. The zero-order valence-corrected chi connectivity index (χ0v) is 20.0. The van der Waals surface area contributed by atoms with Crippen molar-refractivity contribution in [3.63, 3.8) is 0 Å². The van der Waals surface area contributed by atoms with Crippen LogP contribution in [0.3, 0.4) is 0 Å². The van der Waals surface area contributed by atoms with Crippen molar-refractivity contribution < 1.29 is 13.2 Å². The number of benzene rings is 2. The molecule has 1 saturated heterocycles. The number of hydrogen-bond acceptors (Lipinski definition) is 4. The highest BCUT2D eigenvalue weighted by atomic mass is 35.5. The third-order valence-corrected chi connectivity index (χ3v) is 6.96. The van der Waals surface area contributed by atoms with Crippen molar-refractivity contribution in [2.24, 2.45) is 0 Å². The fourth-order valence-electron chi connectivity index (χ4n) is 3.77. The molecule has 0 saturated carbocycles. The summed E-state index contributed by atoms with van der Waals surface area (Å²) < 4.78 is 25.8. The Morgan fingerprint density at radius 1 is 1.06 bits per heavy atom. The van der Waals surface area contributed by atoms with Crippen molar-refractivity contribution in [2.75, 3.05) is 23.7 Å². The van der Waals surface area contributed by atoms with E-state index in [1.54, 1.807) is 0 Å². The molecule has 3 rings (SSSR count). The number of anilines is 1. The molecule has 0 aromatic heterocycles. The summed E-state index contributed by atoms with van der Waals surface area (Å²) in [7, 11) is -3.75. The molecule has 1 unspecified atom stereocenters. The van der Waals surface area contributed by atoms with Gasteiger partial charge in [-0.15, -0.1) is 0 Å². The SMILES string of the molecule is CC(C(=O)NCc1ccc(CN2CCCC2)cc1)N(c1cc(Cl)cc(Cl)c1)S(C)(=O)=O. The van der Waals surface area contributed by atoms with Gasteiger partial charge in [-0.3, -0.25) is 14.0 Å². The molecule has 1 atom stereocenters. The molecule has 1 fully saturated rings. The molecule has 0 spiro atoms. The van der Waals surface area contributed by atoms with Gasteiger partial charge in [0.15, 0.2) is 0 Å². The number of nitrogens with one attached hydrogen (secondary N) is 1. The lowest BCUT2D eigenvalue weighted by Crippen LogP contribution is -2.47. The van der Waals surface area contributed by atoms with Crippen LogP contribution in [0.4, 0.5) is 5.69 Å². The second-order valence-corrected chi connectivity index (χ2v) is 10.6. The molecule has 6 nitrogen and oxygen atoms in total. The fraction of sp³-hybridized carbons (Fsp3) is 0.409. The number of amides is 1. The number of hydrogen-bond donors (Lipinski definition) is 1. The Hall–Kier alpha value is -1.80. The summed E-state index contributed by atoms with van der Waals surface area (Å²) in [5.41, 5.74) is 2.43. The van der Waals surface area contributed by atoms with Crippen molar-refractivity contribution in [2.45, 2.75) is 38.9 Å². The van der Waals surface area contributed by atoms with Crippen LogP contribution in [-0.4, -0.2) is 44.6 Å². The molecule has 1 N–H and O–H groups in total. The van der Waals surface area contributed by atoms with Gasteiger partial charge in [-0.2, -0.15) is 0 Å². The molecule has 2 aromatic rings. The lowest BCUT2D eigenvalue weighted by Gasteiger charge is -2.28. The van der Waals surface area contributed by atoms with Crippen LogP contribution in [0.1, 0.15) is 30.9 Å². The van der Waals surface area contributed by atoms with E-state index >= 15 is 0 Å². The second kappa shape index (κ2) is 10.2. The summed E-state index contributed by atoms with van der Waals surface area (Å²) in [6.07, 6.45) is 3.56. The Morgan fingerprint density at radius 2 is 1.61 bits per heavy atom. The van der Waals surface area contributed by atoms with Crippen molar-refractivity contribution in [3.05, 3.63) is 63.6 Å². The van der Waals surface area contributed by atoms with Gasteiger partial charge in [0.1, 0.15) is 6.04 Å². The average molecular weight is 484 g/mol. The van der Waals surface area contributed by atoms with Gasteiger partial charge in [0.25, 0.3) is 0 Å². The Morgan fingerprint density at radius 3 is 2.16 bits per heavy atom. The quantitative estimate of drug-likeness (QED) is 0.614. The summed E-state index contributed by atoms with van der Waals surface area (Å²) in [5, 5.41) is 3.40. The third kappa shape index (κ3) is 6.59. The Kier molecular flexibility index (Phi) is 7.86. The summed E-state index contributed by atoms with van der Waals surface area (Å²) in [6, 6.07) is 11.6. The lowest BCUT2D eigenvalue weighted by molar-refractivity contribution is -0.122. The van der Waals surface area contributed by atoms with Gasteiger partial charge in [-0.1, -0.05) is 47.5 Å². The first-order chi connectivity index (χ1) is 14.6. The number of carbonyl (C=O) groups is 1. The summed E-state index contributed by atoms with van der Waals surface area (Å²) in [4.78, 5) is 15.2. The topological polar surface area (TPSA) is 69.7 Å². The monoisotopic (exact) mass is 483 g/mol. The fourth-order valence-corrected chi connectivity index (χ4v) is 5.45. The van der Waals surface area contributed by atoms with Crippen molar-refractivity contribution >= 4 is 44.8 Å². The predicted molar refractivity (Wildman–Crippen MR) is 126 cm³/mol. The summed E-state index contributed by atoms with van der Waals surface area (Å²) in [5.74, 6) is -0.414. The Bertz CT molecular complexity index is 1000. The van der Waals surface area contributed by atoms with Crippen LogP contribution < -0.4 is 9.62 Å². The van der Waals surface area contributed by atoms with E-state index in [4.69, 9.17) is 23.2 Å². The largest absolute Gasteiger partial charge is 0.350 e. The minimum atomic E-state index is -3.75. The number of halogens is 2. The van der Waals surface area contributed by atoms with Gasteiger partial charge >= 0.3 is 0 Å². The van der Waals surface area contributed by atoms with Crippen LogP contribution >= 0.6 is 23.2 Å². The van der Waals surface area contributed by atoms with Gasteiger partial charge in [0, 0.05) is 23.1 Å². The van der Waals surface area contributed by atoms with E-state index in [1.807, 2.05) is 12.1 Å². The molecule has 0 radical (unpaired) electrons. The van der Waals surface area contributed by atoms with Crippen LogP contribution in [0.5, 0.6) is 0 Å². The van der Waals surface area contributed by atoms with Crippen LogP contribution in [-0.2, 0) is 27.9 Å². The molecular weight excluding hydrogens is 457 g/mol. The molecule has 1 aliphatic heterocycles. The molecule has 1 aliphatic rings. The normalized spacial score (nSPS) is 15.6. The minimum absolute atomic E-state index is 0.244. The molecule has 31 heavy (non-hydrogen) atoms. The maximum atomic E-state index is 12.8. The van der Waals surface area contributed by atoms with Gasteiger partial charge in [0.05, 0.1) is 11.9 Å². The summed E-state index contributed by atoms with van der Waals surface area (Å²) in [6.45, 7) is 5.06. The third-order valence-electron chi connectivity index (χ3n) is 5.28. The van der Waals surface area contributed by atoms with Gasteiger partial charge in [0.2, 0.25) is 15.9 Å². The zero-order chi connectivity index (χ0) is 22.6. The average Bonchev–Trinajstić information content (AvgIpc) is 3.18. The first kappa shape index (κ1) is 23.9. The molecule has 168 valence electrons. The highest BCUT2D eigenvalue weighted by Crippen LogP contribution is 2.28. The molecule has 2 aromatic carbocycles. The van der Waals surface area contributed by atoms with E-state index in [2.05, 4.69) is 22.3 Å². The predicted octanol–water partition coefficient (Wildman–Crippen LogP) is 4.06. The van der Waals surface area contributed by atoms with E-state index in [1.165, 1.54) is 43.5 Å². The maximum absolute atomic E-state index is 12.8. The van der Waals surface area contributed by atoms with Crippen molar-refractivity contribution in [1.82, 2.24) is 10.2 Å². The van der Waals surface area contributed by atoms with Crippen LogP contribution in [0.2, 0.25) is 10.0 Å². The van der Waals surface area contributed by atoms with Crippen LogP contribution in [0.25, 0.3) is 0 Å². The molecule has 1 heterocycles. The van der Waals surface area contributed by atoms with Crippen molar-refractivity contribution in [3.8, 4) is 0 Å². The molecule has 1 amide bonds. The standard InChI is InChI=1S/C22H27Cl2N3O3S/c1-16(27(31(2,29)30)21-12-19(23)11-20(24)13-21)22(28)25-14-17-5-7-18(8-6-17)15-26-9-3-4-10-26/h5-8,11-13,16H,3-4,9-10,14-15H2,1-2H3,(H,25,28). The number of nitrogens with zero attached hydrogens (tertiary/aromatic N) is 2. The second-order valence-electron chi connectivity index (χ2n) is 7.88. The van der Waals surface area contributed by atoms with Crippen molar-refractivity contribution in [1.29, 1.82) is 0 Å².